The molecule has 1 aliphatic rings. The third kappa shape index (κ3) is 4.36. The molecule has 206 valence electrons. The lowest BCUT2D eigenvalue weighted by Crippen LogP contribution is -2.06. The maximum Gasteiger partial charge on any atom is 0.337 e. The van der Waals surface area contributed by atoms with E-state index in [1.165, 1.54) is 7.11 Å². The fourth-order valence-electron chi connectivity index (χ4n) is 5.50. The molecule has 9 nitrogen and oxygen atoms in total. The number of aliphatic hydroxyl groups excluding tert-OH is 1. The lowest BCUT2D eigenvalue weighted by atomic mass is 10.1. The van der Waals surface area contributed by atoms with E-state index < -0.39 is 0 Å². The minimum absolute atomic E-state index is 0.00494. The third-order valence-corrected chi connectivity index (χ3v) is 7.59. The van der Waals surface area contributed by atoms with Crippen LogP contribution >= 0.6 is 0 Å². The van der Waals surface area contributed by atoms with E-state index >= 15 is 0 Å². The monoisotopic (exact) mass is 554 g/mol. The van der Waals surface area contributed by atoms with Crippen molar-refractivity contribution in [1.82, 2.24) is 30.0 Å². The number of aromatic nitrogens is 6. The lowest BCUT2D eigenvalue weighted by Gasteiger charge is -2.05. The van der Waals surface area contributed by atoms with Gasteiger partial charge in [-0.3, -0.25) is 0 Å². The van der Waals surface area contributed by atoms with Crippen LogP contribution in [-0.4, -0.2) is 48.2 Å². The van der Waals surface area contributed by atoms with E-state index in [2.05, 4.69) is 34.7 Å². The number of nitrogens with zero attached hydrogens (tertiary/aromatic N) is 6. The summed E-state index contributed by atoms with van der Waals surface area (Å²) in [6, 6.07) is 31.5. The molecule has 4 aromatic carbocycles. The number of carbonyl (C=O) groups excluding carboxylic acids is 1. The molecule has 6 aromatic rings. The zero-order valence-corrected chi connectivity index (χ0v) is 22.8. The van der Waals surface area contributed by atoms with Crippen molar-refractivity contribution < 1.29 is 14.6 Å². The first kappa shape index (κ1) is 25.6. The van der Waals surface area contributed by atoms with Gasteiger partial charge in [-0.15, -0.1) is 10.2 Å². The predicted molar refractivity (Wildman–Crippen MR) is 152 cm³/mol. The summed E-state index contributed by atoms with van der Waals surface area (Å²) in [5.41, 5.74) is 3.39. The van der Waals surface area contributed by atoms with Crippen molar-refractivity contribution in [1.29, 1.82) is 0 Å². The molecule has 0 saturated heterocycles. The van der Waals surface area contributed by atoms with Gasteiger partial charge in [0.1, 0.15) is 10.7 Å². The molecule has 0 atom stereocenters. The Morgan fingerprint density at radius 3 is 1.52 bits per heavy atom. The Morgan fingerprint density at radius 2 is 1.07 bits per heavy atom. The van der Waals surface area contributed by atoms with Gasteiger partial charge in [0.05, 0.1) is 43.1 Å². The topological polar surface area (TPSA) is 108 Å². The second kappa shape index (κ2) is 10.5. The van der Waals surface area contributed by atoms with Crippen LogP contribution in [0.2, 0.25) is 0 Å². The molecule has 1 N–H and O–H groups in total. The van der Waals surface area contributed by atoms with Crippen LogP contribution in [0, 0.1) is 42.3 Å². The molecule has 2 aromatic heterocycles. The number of aliphatic hydroxyl groups is 1. The van der Waals surface area contributed by atoms with E-state index in [4.69, 9.17) is 14.9 Å². The average molecular weight is 555 g/mol. The number of ether oxygens (including phenoxy) is 1. The van der Waals surface area contributed by atoms with Crippen molar-refractivity contribution in [2.75, 3.05) is 7.11 Å². The number of rotatable bonds is 6. The van der Waals surface area contributed by atoms with Crippen molar-refractivity contribution in [2.24, 2.45) is 0 Å². The highest BCUT2D eigenvalue weighted by atomic mass is 16.5. The van der Waals surface area contributed by atoms with Gasteiger partial charge in [0.2, 0.25) is 0 Å². The summed E-state index contributed by atoms with van der Waals surface area (Å²) in [6.07, 6.45) is 0. The van der Waals surface area contributed by atoms with Crippen LogP contribution in [0.1, 0.15) is 27.0 Å². The Labute approximate surface area is 238 Å². The molecule has 1 aliphatic carbocycles. The molecule has 0 amide bonds. The van der Waals surface area contributed by atoms with Gasteiger partial charge in [0.15, 0.2) is 0 Å². The molecular formula is C33H26N6O3. The van der Waals surface area contributed by atoms with Crippen LogP contribution in [0.15, 0.2) is 97.1 Å². The van der Waals surface area contributed by atoms with E-state index in [1.54, 1.807) is 12.1 Å². The van der Waals surface area contributed by atoms with Crippen molar-refractivity contribution in [2.45, 2.75) is 19.7 Å². The summed E-state index contributed by atoms with van der Waals surface area (Å²) in [7, 11) is 1.37. The number of carbonyl (C=O) groups is 1. The van der Waals surface area contributed by atoms with Gasteiger partial charge in [-0.1, -0.05) is 95.4 Å². The summed E-state index contributed by atoms with van der Waals surface area (Å²) in [4.78, 5) is 11.9. The van der Waals surface area contributed by atoms with E-state index in [-0.39, 0.29) is 12.6 Å². The first-order valence-electron chi connectivity index (χ1n) is 13.6. The molecule has 42 heavy (non-hydrogen) atoms. The molecule has 0 bridgehead atoms. The van der Waals surface area contributed by atoms with Crippen LogP contribution in [0.4, 0.5) is 0 Å². The Morgan fingerprint density at radius 1 is 0.643 bits per heavy atom. The zero-order valence-electron chi connectivity index (χ0n) is 22.8. The number of hydrogen-bond acceptors (Lipinski definition) is 7. The summed E-state index contributed by atoms with van der Waals surface area (Å²) in [5, 5.41) is 35.3. The normalized spacial score (nSPS) is 14.9. The fraction of sp³-hybridized carbons (Fsp3) is 0.121. The Hall–Kier alpha value is -5.41. The van der Waals surface area contributed by atoms with Crippen molar-refractivity contribution in [3.05, 3.63) is 162 Å². The van der Waals surface area contributed by atoms with Crippen LogP contribution in [0.25, 0.3) is 0 Å². The molecule has 0 spiro atoms. The number of methoxy groups -OCH3 is 1. The number of fused-ring (bicyclic) bond motifs is 4. The van der Waals surface area contributed by atoms with Crippen molar-refractivity contribution in [3.8, 4) is 0 Å². The SMILES string of the molecule is COC(=O)c1ccc(Cn2nnc3/c2=c2/cccc/c2=c2\nnn(Cc4ccc(CO)cc4)\c2=c2/cccc/c2=3)cc1. The highest BCUT2D eigenvalue weighted by molar-refractivity contribution is 5.89. The molecule has 0 saturated carbocycles. The average Bonchev–Trinajstić information content (AvgIpc) is 3.64. The third-order valence-electron chi connectivity index (χ3n) is 7.59. The second-order valence-corrected chi connectivity index (χ2v) is 10.1. The van der Waals surface area contributed by atoms with Crippen molar-refractivity contribution >= 4 is 5.97 Å². The smallest absolute Gasteiger partial charge is 0.337 e. The van der Waals surface area contributed by atoms with Crippen molar-refractivity contribution in [3.63, 3.8) is 0 Å². The lowest BCUT2D eigenvalue weighted by molar-refractivity contribution is 0.0600. The summed E-state index contributed by atoms with van der Waals surface area (Å²) >= 11 is 0. The molecule has 0 unspecified atom stereocenters. The number of hydrogen-bond donors (Lipinski definition) is 1. The second-order valence-electron chi connectivity index (χ2n) is 10.1. The van der Waals surface area contributed by atoms with Crippen LogP contribution < -0.4 is 0 Å². The summed E-state index contributed by atoms with van der Waals surface area (Å²) in [6.45, 7) is 0.986. The van der Waals surface area contributed by atoms with Gasteiger partial charge in [-0.2, -0.15) is 0 Å². The van der Waals surface area contributed by atoms with E-state index in [0.717, 1.165) is 59.0 Å². The minimum atomic E-state index is -0.371. The molecular weight excluding hydrogens is 528 g/mol. The molecule has 0 fully saturated rings. The quantitative estimate of drug-likeness (QED) is 0.312. The van der Waals surface area contributed by atoms with E-state index in [9.17, 15) is 9.90 Å². The number of esters is 1. The standard InChI is InChI=1S/C33H26N6O3/c1-42-33(41)24-16-14-22(15-17-24)19-39-32-28-9-5-3-7-26(28)29-31(27-8-4-2-6-25(27)30(32)35-37-39)38(36-34-29)18-21-10-12-23(20-40)13-11-21/h2-17,40H,18-20H2,1H3/b29-26+,30-25+,31-27+,32-28+. The fourth-order valence-corrected chi connectivity index (χ4v) is 5.50. The van der Waals surface area contributed by atoms with E-state index in [1.807, 2.05) is 70.0 Å². The Kier molecular flexibility index (Phi) is 6.41. The van der Waals surface area contributed by atoms with Gasteiger partial charge >= 0.3 is 5.97 Å². The van der Waals surface area contributed by atoms with Gasteiger partial charge < -0.3 is 9.84 Å². The molecule has 0 aliphatic heterocycles. The Bertz CT molecular complexity index is 2340. The molecule has 9 heteroatoms. The number of benzene rings is 4. The zero-order chi connectivity index (χ0) is 28.6. The highest BCUT2D eigenvalue weighted by Gasteiger charge is 2.12. The van der Waals surface area contributed by atoms with Gasteiger partial charge in [0, 0.05) is 20.9 Å². The van der Waals surface area contributed by atoms with Crippen LogP contribution in [0.5, 0.6) is 0 Å². The maximum absolute atomic E-state index is 11.9. The predicted octanol–water partition coefficient (Wildman–Crippen LogP) is 3.71. The van der Waals surface area contributed by atoms with Crippen LogP contribution in [-0.2, 0) is 24.4 Å². The largest absolute Gasteiger partial charge is 0.465 e. The molecule has 0 radical (unpaired) electrons. The summed E-state index contributed by atoms with van der Waals surface area (Å²) < 4.78 is 8.67. The molecule has 7 rings (SSSR count). The van der Waals surface area contributed by atoms with E-state index in [0.29, 0.717) is 18.7 Å². The van der Waals surface area contributed by atoms with Gasteiger partial charge in [-0.05, 0) is 28.8 Å². The highest BCUT2D eigenvalue weighted by Crippen LogP contribution is 2.14. The van der Waals surface area contributed by atoms with Gasteiger partial charge in [-0.25, -0.2) is 14.2 Å². The first-order chi connectivity index (χ1) is 20.6. The van der Waals surface area contributed by atoms with Gasteiger partial charge in [0.25, 0.3) is 0 Å². The Balaban J connectivity index is 1.53. The maximum atomic E-state index is 11.9. The summed E-state index contributed by atoms with van der Waals surface area (Å²) in [5.74, 6) is -0.371. The van der Waals surface area contributed by atoms with Crippen LogP contribution in [0.3, 0.4) is 0 Å². The minimum Gasteiger partial charge on any atom is -0.465 e. The first-order valence-corrected chi connectivity index (χ1v) is 13.6. The molecule has 2 heterocycles.